The Balaban J connectivity index is 1.63. The number of nitrogens with one attached hydrogen (secondary N) is 1. The van der Waals surface area contributed by atoms with E-state index in [4.69, 9.17) is 39.0 Å². The van der Waals surface area contributed by atoms with Gasteiger partial charge in [-0.2, -0.15) is 0 Å². The molecule has 33 heavy (non-hydrogen) atoms. The Morgan fingerprint density at radius 1 is 1.33 bits per heavy atom. The second kappa shape index (κ2) is 9.34. The van der Waals surface area contributed by atoms with E-state index in [9.17, 15) is 9.90 Å². The summed E-state index contributed by atoms with van der Waals surface area (Å²) in [5.41, 5.74) is 6.33. The molecule has 8 nitrogen and oxygen atoms in total. The van der Waals surface area contributed by atoms with Crippen LogP contribution in [0.2, 0.25) is 5.02 Å². The van der Waals surface area contributed by atoms with Crippen LogP contribution in [0, 0.1) is 5.82 Å². The number of aromatic nitrogens is 1. The van der Waals surface area contributed by atoms with E-state index < -0.39 is 17.8 Å². The van der Waals surface area contributed by atoms with Crippen LogP contribution in [-0.2, 0) is 0 Å². The molecular weight excluding hydrogens is 471 g/mol. The quantitative estimate of drug-likeness (QED) is 0.464. The first kappa shape index (κ1) is 23.0. The minimum Gasteiger partial charge on any atom is -0.496 e. The number of carbonyl (C=O) groups is 1. The lowest BCUT2D eigenvalue weighted by Crippen LogP contribution is -2.33. The lowest BCUT2D eigenvalue weighted by atomic mass is 10.1. The number of halogens is 2. The molecule has 4 rings (SSSR count). The van der Waals surface area contributed by atoms with Gasteiger partial charge in [0.05, 0.1) is 30.0 Å². The minimum atomic E-state index is -0.792. The molecule has 2 heterocycles. The lowest BCUT2D eigenvalue weighted by molar-refractivity contribution is 0.0997. The van der Waals surface area contributed by atoms with E-state index in [1.807, 2.05) is 0 Å². The number of β-amino-alcohol motifs (C(OH)–C–C–N with tert-alkyl or cyclic N) is 1. The van der Waals surface area contributed by atoms with Gasteiger partial charge in [-0.05, 0) is 42.9 Å². The number of hydrogen-bond donors (Lipinski definition) is 3. The predicted octanol–water partition coefficient (Wildman–Crippen LogP) is 3.69. The topological polar surface area (TPSA) is 110 Å². The number of thiocarbonyl (C=S) groups is 1. The highest BCUT2D eigenvalue weighted by Gasteiger charge is 2.23. The first-order valence-electron chi connectivity index (χ1n) is 9.95. The van der Waals surface area contributed by atoms with Gasteiger partial charge in [0, 0.05) is 30.7 Å². The van der Waals surface area contributed by atoms with Gasteiger partial charge >= 0.3 is 0 Å². The van der Waals surface area contributed by atoms with E-state index in [1.54, 1.807) is 17.0 Å². The number of aliphatic hydroxyl groups is 1. The molecule has 1 aliphatic rings. The van der Waals surface area contributed by atoms with Crippen molar-refractivity contribution in [1.82, 2.24) is 9.88 Å². The van der Waals surface area contributed by atoms with E-state index in [0.29, 0.717) is 35.5 Å². The number of anilines is 1. The fourth-order valence-corrected chi connectivity index (χ4v) is 4.02. The number of primary amides is 1. The maximum absolute atomic E-state index is 15.1. The largest absolute Gasteiger partial charge is 0.496 e. The average Bonchev–Trinajstić information content (AvgIpc) is 3.24. The molecular formula is C22H20ClFN4O4S. The number of fused-ring (bicyclic) bond motifs is 1. The molecule has 1 amide bonds. The summed E-state index contributed by atoms with van der Waals surface area (Å²) in [6.45, 7) is 1.00. The van der Waals surface area contributed by atoms with Crippen LogP contribution in [0.1, 0.15) is 16.8 Å². The SMILES string of the molecule is COc1cc2nccc(Oc3ccc(NC(=S)N4CC[C@@H](O)C4)c(Cl)c3F)c2cc1C(N)=O. The van der Waals surface area contributed by atoms with Gasteiger partial charge in [-0.15, -0.1) is 0 Å². The zero-order valence-electron chi connectivity index (χ0n) is 17.5. The number of hydrogen-bond acceptors (Lipinski definition) is 6. The van der Waals surface area contributed by atoms with Crippen LogP contribution in [0.5, 0.6) is 17.2 Å². The normalized spacial score (nSPS) is 15.5. The molecule has 2 aromatic carbocycles. The van der Waals surface area contributed by atoms with Crippen molar-refractivity contribution >= 4 is 51.4 Å². The number of methoxy groups -OCH3 is 1. The van der Waals surface area contributed by atoms with Crippen molar-refractivity contribution in [2.45, 2.75) is 12.5 Å². The monoisotopic (exact) mass is 490 g/mol. The summed E-state index contributed by atoms with van der Waals surface area (Å²) in [6, 6.07) is 7.52. The van der Waals surface area contributed by atoms with Crippen LogP contribution in [-0.4, -0.2) is 52.3 Å². The maximum Gasteiger partial charge on any atom is 0.252 e. The van der Waals surface area contributed by atoms with Gasteiger partial charge in [-0.25, -0.2) is 4.39 Å². The van der Waals surface area contributed by atoms with Crippen molar-refractivity contribution < 1.29 is 23.8 Å². The molecule has 4 N–H and O–H groups in total. The highest BCUT2D eigenvalue weighted by atomic mass is 35.5. The molecule has 1 atom stereocenters. The Hall–Kier alpha value is -3.21. The second-order valence-corrected chi connectivity index (χ2v) is 8.17. The Morgan fingerprint density at radius 2 is 2.12 bits per heavy atom. The Kier molecular flexibility index (Phi) is 6.50. The van der Waals surface area contributed by atoms with Crippen LogP contribution < -0.4 is 20.5 Å². The highest BCUT2D eigenvalue weighted by Crippen LogP contribution is 2.37. The molecule has 0 bridgehead atoms. The molecule has 0 aliphatic carbocycles. The van der Waals surface area contributed by atoms with E-state index >= 15 is 4.39 Å². The number of pyridine rings is 1. The van der Waals surface area contributed by atoms with Crippen molar-refractivity contribution in [3.8, 4) is 17.2 Å². The van der Waals surface area contributed by atoms with Crippen LogP contribution in [0.25, 0.3) is 10.9 Å². The van der Waals surface area contributed by atoms with Gasteiger partial charge in [-0.1, -0.05) is 11.6 Å². The molecule has 0 spiro atoms. The summed E-state index contributed by atoms with van der Waals surface area (Å²) in [5.74, 6) is -1.08. The summed E-state index contributed by atoms with van der Waals surface area (Å²) in [5, 5.41) is 13.2. The first-order valence-corrected chi connectivity index (χ1v) is 10.7. The van der Waals surface area contributed by atoms with Gasteiger partial charge in [0.25, 0.3) is 5.91 Å². The molecule has 1 aliphatic heterocycles. The number of rotatable bonds is 5. The van der Waals surface area contributed by atoms with E-state index in [-0.39, 0.29) is 33.5 Å². The van der Waals surface area contributed by atoms with Gasteiger partial charge in [0.2, 0.25) is 0 Å². The number of ether oxygens (including phenoxy) is 2. The van der Waals surface area contributed by atoms with Crippen LogP contribution in [0.15, 0.2) is 36.5 Å². The summed E-state index contributed by atoms with van der Waals surface area (Å²) >= 11 is 11.6. The molecule has 1 saturated heterocycles. The Morgan fingerprint density at radius 3 is 2.79 bits per heavy atom. The van der Waals surface area contributed by atoms with Gasteiger partial charge in [0.15, 0.2) is 16.7 Å². The fourth-order valence-electron chi connectivity index (χ4n) is 3.54. The summed E-state index contributed by atoms with van der Waals surface area (Å²) < 4.78 is 26.1. The lowest BCUT2D eigenvalue weighted by Gasteiger charge is -2.21. The number of amides is 1. The molecule has 11 heteroatoms. The standard InChI is InChI=1S/C22H20ClFN4O4S/c1-31-18-9-15-12(8-13(18)21(25)30)16(4-6-26-15)32-17-3-2-14(19(23)20(17)24)27-22(33)28-7-5-11(29)10-28/h2-4,6,8-9,11,29H,5,7,10H2,1H3,(H2,25,30)(H,27,33)/t11-/m1/s1. The molecule has 172 valence electrons. The fraction of sp³-hybridized carbons (Fsp3) is 0.227. The maximum atomic E-state index is 15.1. The van der Waals surface area contributed by atoms with Crippen LogP contribution in [0.3, 0.4) is 0 Å². The molecule has 3 aromatic rings. The zero-order chi connectivity index (χ0) is 23.7. The number of benzene rings is 2. The highest BCUT2D eigenvalue weighted by molar-refractivity contribution is 7.80. The number of aliphatic hydroxyl groups excluding tert-OH is 1. The summed E-state index contributed by atoms with van der Waals surface area (Å²) in [4.78, 5) is 17.8. The Bertz CT molecular complexity index is 1260. The minimum absolute atomic E-state index is 0.128. The number of likely N-dealkylation sites (tertiary alicyclic amines) is 1. The van der Waals surface area contributed by atoms with Gasteiger partial charge in [-0.3, -0.25) is 9.78 Å². The van der Waals surface area contributed by atoms with Crippen LogP contribution in [0.4, 0.5) is 10.1 Å². The van der Waals surface area contributed by atoms with Crippen molar-refractivity contribution in [2.75, 3.05) is 25.5 Å². The molecule has 0 saturated carbocycles. The van der Waals surface area contributed by atoms with Crippen LogP contribution >= 0.6 is 23.8 Å². The van der Waals surface area contributed by atoms with Gasteiger partial charge < -0.3 is 30.5 Å². The number of nitrogens with zero attached hydrogens (tertiary/aromatic N) is 2. The van der Waals surface area contributed by atoms with Crippen molar-refractivity contribution in [2.24, 2.45) is 5.73 Å². The smallest absolute Gasteiger partial charge is 0.252 e. The number of carbonyl (C=O) groups excluding carboxylic acids is 1. The third-order valence-corrected chi connectivity index (χ3v) is 5.98. The Labute approximate surface area is 199 Å². The molecule has 0 unspecified atom stereocenters. The number of nitrogens with two attached hydrogens (primary N) is 1. The average molecular weight is 491 g/mol. The van der Waals surface area contributed by atoms with E-state index in [0.717, 1.165) is 0 Å². The van der Waals surface area contributed by atoms with Crippen molar-refractivity contribution in [1.29, 1.82) is 0 Å². The van der Waals surface area contributed by atoms with E-state index in [2.05, 4.69) is 10.3 Å². The zero-order valence-corrected chi connectivity index (χ0v) is 19.0. The second-order valence-electron chi connectivity index (χ2n) is 7.40. The third-order valence-electron chi connectivity index (χ3n) is 5.25. The third kappa shape index (κ3) is 4.63. The first-order chi connectivity index (χ1) is 15.8. The summed E-state index contributed by atoms with van der Waals surface area (Å²) in [7, 11) is 1.42. The van der Waals surface area contributed by atoms with E-state index in [1.165, 1.54) is 31.5 Å². The molecule has 0 radical (unpaired) electrons. The molecule has 1 fully saturated rings. The molecule has 1 aromatic heterocycles. The van der Waals surface area contributed by atoms with Crippen molar-refractivity contribution in [3.63, 3.8) is 0 Å². The predicted molar refractivity (Wildman–Crippen MR) is 127 cm³/mol. The van der Waals surface area contributed by atoms with Crippen molar-refractivity contribution in [3.05, 3.63) is 52.9 Å². The summed E-state index contributed by atoms with van der Waals surface area (Å²) in [6.07, 6.45) is 1.65. The van der Waals surface area contributed by atoms with Gasteiger partial charge in [0.1, 0.15) is 16.5 Å².